The van der Waals surface area contributed by atoms with E-state index in [1.165, 1.54) is 38.9 Å². The molecule has 0 saturated carbocycles. The van der Waals surface area contributed by atoms with Gasteiger partial charge in [-0.15, -0.1) is 0 Å². The standard InChI is InChI=1S/C12H26N2O/c1-3-8-14(4-2)9-7-13-12-5-10-15-11-6-12/h12-13H,3-11H2,1-2H3. The summed E-state index contributed by atoms with van der Waals surface area (Å²) < 4.78 is 5.34. The van der Waals surface area contributed by atoms with E-state index in [1.807, 2.05) is 0 Å². The quantitative estimate of drug-likeness (QED) is 0.695. The zero-order valence-electron chi connectivity index (χ0n) is 10.3. The molecular formula is C12H26N2O. The van der Waals surface area contributed by atoms with Crippen LogP contribution in [0, 0.1) is 0 Å². The normalized spacial score (nSPS) is 18.6. The lowest BCUT2D eigenvalue weighted by molar-refractivity contribution is 0.0773. The lowest BCUT2D eigenvalue weighted by atomic mass is 10.1. The molecule has 90 valence electrons. The first kappa shape index (κ1) is 12.9. The summed E-state index contributed by atoms with van der Waals surface area (Å²) in [5.74, 6) is 0. The van der Waals surface area contributed by atoms with Gasteiger partial charge in [-0.3, -0.25) is 0 Å². The average molecular weight is 214 g/mol. The van der Waals surface area contributed by atoms with E-state index in [0.29, 0.717) is 6.04 Å². The summed E-state index contributed by atoms with van der Waals surface area (Å²) in [6, 6.07) is 0.694. The molecule has 1 heterocycles. The molecule has 0 radical (unpaired) electrons. The van der Waals surface area contributed by atoms with Gasteiger partial charge < -0.3 is 15.0 Å². The zero-order valence-corrected chi connectivity index (χ0v) is 10.3. The Bertz CT molecular complexity index is 142. The highest BCUT2D eigenvalue weighted by Crippen LogP contribution is 2.05. The second-order valence-electron chi connectivity index (χ2n) is 4.28. The number of hydrogen-bond acceptors (Lipinski definition) is 3. The van der Waals surface area contributed by atoms with Crippen molar-refractivity contribution in [1.82, 2.24) is 10.2 Å². The second kappa shape index (κ2) is 8.08. The third-order valence-corrected chi connectivity index (χ3v) is 3.07. The molecule has 1 fully saturated rings. The van der Waals surface area contributed by atoms with E-state index in [1.54, 1.807) is 0 Å². The first-order valence-electron chi connectivity index (χ1n) is 6.40. The molecule has 1 saturated heterocycles. The fourth-order valence-corrected chi connectivity index (χ4v) is 2.07. The van der Waals surface area contributed by atoms with Gasteiger partial charge in [-0.1, -0.05) is 13.8 Å². The third kappa shape index (κ3) is 5.50. The van der Waals surface area contributed by atoms with Gasteiger partial charge in [0.05, 0.1) is 0 Å². The molecule has 1 N–H and O–H groups in total. The molecule has 1 aliphatic heterocycles. The minimum absolute atomic E-state index is 0.694. The highest BCUT2D eigenvalue weighted by atomic mass is 16.5. The molecule has 0 aliphatic carbocycles. The molecule has 1 rings (SSSR count). The summed E-state index contributed by atoms with van der Waals surface area (Å²) >= 11 is 0. The van der Waals surface area contributed by atoms with Crippen LogP contribution < -0.4 is 5.32 Å². The highest BCUT2D eigenvalue weighted by molar-refractivity contribution is 4.70. The van der Waals surface area contributed by atoms with E-state index in [0.717, 1.165) is 19.8 Å². The van der Waals surface area contributed by atoms with Crippen molar-refractivity contribution in [1.29, 1.82) is 0 Å². The molecule has 0 amide bonds. The Balaban J connectivity index is 2.03. The number of nitrogens with zero attached hydrogens (tertiary/aromatic N) is 1. The minimum Gasteiger partial charge on any atom is -0.381 e. The van der Waals surface area contributed by atoms with Crippen LogP contribution in [0.1, 0.15) is 33.1 Å². The fraction of sp³-hybridized carbons (Fsp3) is 1.00. The van der Waals surface area contributed by atoms with E-state index in [2.05, 4.69) is 24.1 Å². The van der Waals surface area contributed by atoms with Gasteiger partial charge in [0.25, 0.3) is 0 Å². The van der Waals surface area contributed by atoms with Gasteiger partial charge in [-0.2, -0.15) is 0 Å². The Kier molecular flexibility index (Phi) is 6.98. The van der Waals surface area contributed by atoms with Crippen molar-refractivity contribution in [2.24, 2.45) is 0 Å². The number of ether oxygens (including phenoxy) is 1. The first-order chi connectivity index (χ1) is 7.36. The average Bonchev–Trinajstić information content (AvgIpc) is 2.29. The topological polar surface area (TPSA) is 24.5 Å². The summed E-state index contributed by atoms with van der Waals surface area (Å²) in [6.45, 7) is 11.1. The summed E-state index contributed by atoms with van der Waals surface area (Å²) in [5.41, 5.74) is 0. The SMILES string of the molecule is CCCN(CC)CCNC1CCOCC1. The summed E-state index contributed by atoms with van der Waals surface area (Å²) in [6.07, 6.45) is 3.62. The molecule has 0 atom stereocenters. The Morgan fingerprint density at radius 2 is 1.93 bits per heavy atom. The van der Waals surface area contributed by atoms with Crippen molar-refractivity contribution in [2.45, 2.75) is 39.2 Å². The van der Waals surface area contributed by atoms with Crippen molar-refractivity contribution in [3.8, 4) is 0 Å². The van der Waals surface area contributed by atoms with E-state index >= 15 is 0 Å². The predicted octanol–water partition coefficient (Wildman–Crippen LogP) is 1.49. The Labute approximate surface area is 94.2 Å². The predicted molar refractivity (Wildman–Crippen MR) is 64.2 cm³/mol. The van der Waals surface area contributed by atoms with E-state index in [-0.39, 0.29) is 0 Å². The van der Waals surface area contributed by atoms with Crippen LogP contribution in [0.5, 0.6) is 0 Å². The smallest absolute Gasteiger partial charge is 0.0480 e. The molecule has 1 aliphatic rings. The Hall–Kier alpha value is -0.120. The Morgan fingerprint density at radius 3 is 2.53 bits per heavy atom. The number of likely N-dealkylation sites (N-methyl/N-ethyl adjacent to an activating group) is 1. The number of nitrogens with one attached hydrogen (secondary N) is 1. The van der Waals surface area contributed by atoms with Crippen LogP contribution in [-0.2, 0) is 4.74 Å². The molecule has 0 aromatic carbocycles. The van der Waals surface area contributed by atoms with E-state index in [4.69, 9.17) is 4.74 Å². The first-order valence-corrected chi connectivity index (χ1v) is 6.40. The van der Waals surface area contributed by atoms with Crippen LogP contribution >= 0.6 is 0 Å². The zero-order chi connectivity index (χ0) is 10.9. The van der Waals surface area contributed by atoms with Crippen LogP contribution in [0.4, 0.5) is 0 Å². The van der Waals surface area contributed by atoms with Crippen LogP contribution in [0.25, 0.3) is 0 Å². The van der Waals surface area contributed by atoms with Crippen LogP contribution in [-0.4, -0.2) is 50.3 Å². The van der Waals surface area contributed by atoms with Crippen molar-refractivity contribution >= 4 is 0 Å². The molecule has 3 nitrogen and oxygen atoms in total. The van der Waals surface area contributed by atoms with Crippen LogP contribution in [0.15, 0.2) is 0 Å². The largest absolute Gasteiger partial charge is 0.381 e. The van der Waals surface area contributed by atoms with Gasteiger partial charge in [0, 0.05) is 32.3 Å². The lowest BCUT2D eigenvalue weighted by Crippen LogP contribution is -2.40. The van der Waals surface area contributed by atoms with Crippen molar-refractivity contribution in [2.75, 3.05) is 39.4 Å². The Morgan fingerprint density at radius 1 is 1.20 bits per heavy atom. The van der Waals surface area contributed by atoms with Crippen molar-refractivity contribution in [3.63, 3.8) is 0 Å². The molecule has 15 heavy (non-hydrogen) atoms. The molecule has 0 spiro atoms. The number of rotatable bonds is 7. The van der Waals surface area contributed by atoms with Gasteiger partial charge in [0.15, 0.2) is 0 Å². The maximum atomic E-state index is 5.34. The molecular weight excluding hydrogens is 188 g/mol. The lowest BCUT2D eigenvalue weighted by Gasteiger charge is -2.25. The van der Waals surface area contributed by atoms with Gasteiger partial charge in [0.1, 0.15) is 0 Å². The fourth-order valence-electron chi connectivity index (χ4n) is 2.07. The maximum Gasteiger partial charge on any atom is 0.0480 e. The molecule has 0 bridgehead atoms. The maximum absolute atomic E-state index is 5.34. The molecule has 0 aromatic heterocycles. The van der Waals surface area contributed by atoms with Crippen molar-refractivity contribution in [3.05, 3.63) is 0 Å². The van der Waals surface area contributed by atoms with Gasteiger partial charge in [-0.25, -0.2) is 0 Å². The summed E-state index contributed by atoms with van der Waals surface area (Å²) in [4.78, 5) is 2.51. The third-order valence-electron chi connectivity index (χ3n) is 3.07. The summed E-state index contributed by atoms with van der Waals surface area (Å²) in [5, 5.41) is 3.62. The highest BCUT2D eigenvalue weighted by Gasteiger charge is 2.12. The molecule has 0 unspecified atom stereocenters. The molecule has 0 aromatic rings. The van der Waals surface area contributed by atoms with Crippen LogP contribution in [0.2, 0.25) is 0 Å². The van der Waals surface area contributed by atoms with Gasteiger partial charge >= 0.3 is 0 Å². The van der Waals surface area contributed by atoms with Crippen molar-refractivity contribution < 1.29 is 4.74 Å². The van der Waals surface area contributed by atoms with Gasteiger partial charge in [0.2, 0.25) is 0 Å². The van der Waals surface area contributed by atoms with Crippen LogP contribution in [0.3, 0.4) is 0 Å². The minimum atomic E-state index is 0.694. The van der Waals surface area contributed by atoms with E-state index in [9.17, 15) is 0 Å². The van der Waals surface area contributed by atoms with Gasteiger partial charge in [-0.05, 0) is 32.4 Å². The summed E-state index contributed by atoms with van der Waals surface area (Å²) in [7, 11) is 0. The second-order valence-corrected chi connectivity index (χ2v) is 4.28. The molecule has 3 heteroatoms. The monoisotopic (exact) mass is 214 g/mol. The number of hydrogen-bond donors (Lipinski definition) is 1. The van der Waals surface area contributed by atoms with E-state index < -0.39 is 0 Å².